The number of hydrogen-bond donors (Lipinski definition) is 1. The van der Waals surface area contributed by atoms with Crippen molar-refractivity contribution in [1.82, 2.24) is 20.4 Å². The zero-order valence-electron chi connectivity index (χ0n) is 12.3. The van der Waals surface area contributed by atoms with Gasteiger partial charge in [-0.15, -0.1) is 0 Å². The van der Waals surface area contributed by atoms with Crippen molar-refractivity contribution in [3.8, 4) is 11.4 Å². The van der Waals surface area contributed by atoms with Crippen molar-refractivity contribution in [3.63, 3.8) is 0 Å². The van der Waals surface area contributed by atoms with Crippen LogP contribution in [-0.4, -0.2) is 45.6 Å². The van der Waals surface area contributed by atoms with Gasteiger partial charge in [0, 0.05) is 43.3 Å². The molecular formula is C14H17N5O2S. The summed E-state index contributed by atoms with van der Waals surface area (Å²) in [6.07, 6.45) is 1.75. The Kier molecular flexibility index (Phi) is 4.57. The van der Waals surface area contributed by atoms with Crippen LogP contribution in [-0.2, 0) is 11.3 Å². The SMILES string of the molecule is CC(=O)NCc1nc(-c2ccc(N3CCSCC3)nc2)no1. The van der Waals surface area contributed by atoms with E-state index in [-0.39, 0.29) is 12.5 Å². The fourth-order valence-electron chi connectivity index (χ4n) is 2.14. The molecule has 0 aromatic carbocycles. The van der Waals surface area contributed by atoms with Gasteiger partial charge in [0.05, 0.1) is 6.54 Å². The summed E-state index contributed by atoms with van der Waals surface area (Å²) in [4.78, 5) is 21.9. The van der Waals surface area contributed by atoms with Crippen LogP contribution < -0.4 is 10.2 Å². The molecule has 116 valence electrons. The maximum absolute atomic E-state index is 10.9. The molecule has 1 fully saturated rings. The molecule has 0 saturated carbocycles. The molecule has 7 nitrogen and oxygen atoms in total. The smallest absolute Gasteiger partial charge is 0.246 e. The molecule has 2 aromatic rings. The maximum atomic E-state index is 10.9. The molecule has 0 radical (unpaired) electrons. The van der Waals surface area contributed by atoms with Gasteiger partial charge in [-0.05, 0) is 12.1 Å². The van der Waals surface area contributed by atoms with Crippen LogP contribution in [0.5, 0.6) is 0 Å². The molecule has 0 unspecified atom stereocenters. The van der Waals surface area contributed by atoms with Crippen LogP contribution >= 0.6 is 11.8 Å². The Bertz CT molecular complexity index is 637. The minimum Gasteiger partial charge on any atom is -0.355 e. The molecule has 1 saturated heterocycles. The topological polar surface area (TPSA) is 84.2 Å². The average molecular weight is 319 g/mol. The van der Waals surface area contributed by atoms with E-state index >= 15 is 0 Å². The molecule has 3 rings (SSSR count). The summed E-state index contributed by atoms with van der Waals surface area (Å²) in [5, 5.41) is 6.53. The maximum Gasteiger partial charge on any atom is 0.246 e. The Morgan fingerprint density at radius 1 is 1.41 bits per heavy atom. The number of anilines is 1. The molecule has 0 aliphatic carbocycles. The van der Waals surface area contributed by atoms with Gasteiger partial charge >= 0.3 is 0 Å². The minimum atomic E-state index is -0.134. The number of thioether (sulfide) groups is 1. The van der Waals surface area contributed by atoms with Crippen molar-refractivity contribution < 1.29 is 9.32 Å². The summed E-state index contributed by atoms with van der Waals surface area (Å²) in [6, 6.07) is 3.92. The van der Waals surface area contributed by atoms with Crippen LogP contribution in [0.25, 0.3) is 11.4 Å². The largest absolute Gasteiger partial charge is 0.355 e. The third-order valence-corrected chi connectivity index (χ3v) is 4.24. The monoisotopic (exact) mass is 319 g/mol. The number of nitrogens with one attached hydrogen (secondary N) is 1. The van der Waals surface area contributed by atoms with E-state index in [1.165, 1.54) is 6.92 Å². The molecule has 22 heavy (non-hydrogen) atoms. The molecule has 1 N–H and O–H groups in total. The standard InChI is InChI=1S/C14H17N5O2S/c1-10(20)15-9-13-17-14(18-21-13)11-2-3-12(16-8-11)19-4-6-22-7-5-19/h2-3,8H,4-7,9H2,1H3,(H,15,20). The minimum absolute atomic E-state index is 0.134. The van der Waals surface area contributed by atoms with Crippen molar-refractivity contribution in [2.45, 2.75) is 13.5 Å². The number of nitrogens with zero attached hydrogens (tertiary/aromatic N) is 4. The number of hydrogen-bond acceptors (Lipinski definition) is 7. The molecule has 0 bridgehead atoms. The number of carbonyl (C=O) groups is 1. The predicted molar refractivity (Wildman–Crippen MR) is 84.6 cm³/mol. The van der Waals surface area contributed by atoms with Crippen LogP contribution in [0, 0.1) is 0 Å². The lowest BCUT2D eigenvalue weighted by molar-refractivity contribution is -0.119. The van der Waals surface area contributed by atoms with Crippen LogP contribution in [0.2, 0.25) is 0 Å². The van der Waals surface area contributed by atoms with Gasteiger partial charge in [-0.2, -0.15) is 16.7 Å². The van der Waals surface area contributed by atoms with E-state index in [2.05, 4.69) is 25.3 Å². The molecule has 0 spiro atoms. The zero-order chi connectivity index (χ0) is 15.4. The summed E-state index contributed by atoms with van der Waals surface area (Å²) in [6.45, 7) is 3.73. The first kappa shape index (κ1) is 14.8. The highest BCUT2D eigenvalue weighted by Crippen LogP contribution is 2.20. The van der Waals surface area contributed by atoms with Gasteiger partial charge < -0.3 is 14.7 Å². The van der Waals surface area contributed by atoms with Crippen molar-refractivity contribution in [2.24, 2.45) is 0 Å². The Hall–Kier alpha value is -2.09. The molecule has 1 aliphatic rings. The highest BCUT2D eigenvalue weighted by molar-refractivity contribution is 7.99. The van der Waals surface area contributed by atoms with Crippen LogP contribution in [0.4, 0.5) is 5.82 Å². The Morgan fingerprint density at radius 3 is 2.91 bits per heavy atom. The Balaban J connectivity index is 1.68. The van der Waals surface area contributed by atoms with Crippen LogP contribution in [0.15, 0.2) is 22.9 Å². The Labute approximate surface area is 132 Å². The van der Waals surface area contributed by atoms with E-state index in [1.54, 1.807) is 6.20 Å². The first-order valence-corrected chi connectivity index (χ1v) is 8.24. The summed E-state index contributed by atoms with van der Waals surface area (Å²) in [5.74, 6) is 3.98. The highest BCUT2D eigenvalue weighted by Gasteiger charge is 2.14. The molecule has 1 aliphatic heterocycles. The number of carbonyl (C=O) groups excluding carboxylic acids is 1. The second-order valence-corrected chi connectivity index (χ2v) is 6.15. The quantitative estimate of drug-likeness (QED) is 0.909. The summed E-state index contributed by atoms with van der Waals surface area (Å²) < 4.78 is 5.10. The van der Waals surface area contributed by atoms with E-state index < -0.39 is 0 Å². The number of pyridine rings is 1. The third kappa shape index (κ3) is 3.56. The van der Waals surface area contributed by atoms with Gasteiger partial charge in [-0.3, -0.25) is 4.79 Å². The van der Waals surface area contributed by atoms with Gasteiger partial charge in [0.2, 0.25) is 17.6 Å². The molecule has 8 heteroatoms. The van der Waals surface area contributed by atoms with Crippen molar-refractivity contribution in [1.29, 1.82) is 0 Å². The lowest BCUT2D eigenvalue weighted by atomic mass is 10.2. The van der Waals surface area contributed by atoms with Gasteiger partial charge in [-0.25, -0.2) is 4.98 Å². The van der Waals surface area contributed by atoms with Gasteiger partial charge in [0.1, 0.15) is 5.82 Å². The average Bonchev–Trinajstić information content (AvgIpc) is 3.03. The van der Waals surface area contributed by atoms with Gasteiger partial charge in [-0.1, -0.05) is 5.16 Å². The second kappa shape index (κ2) is 6.78. The fourth-order valence-corrected chi connectivity index (χ4v) is 3.04. The first-order chi connectivity index (χ1) is 10.7. The molecule has 1 amide bonds. The van der Waals surface area contributed by atoms with Gasteiger partial charge in [0.15, 0.2) is 0 Å². The summed E-state index contributed by atoms with van der Waals surface area (Å²) in [5.41, 5.74) is 0.799. The normalized spacial score (nSPS) is 14.9. The van der Waals surface area contributed by atoms with Gasteiger partial charge in [0.25, 0.3) is 0 Å². The van der Waals surface area contributed by atoms with Crippen molar-refractivity contribution in [2.75, 3.05) is 29.5 Å². The van der Waals surface area contributed by atoms with E-state index in [1.807, 2.05) is 23.9 Å². The lowest BCUT2D eigenvalue weighted by Crippen LogP contribution is -2.32. The number of amides is 1. The van der Waals surface area contributed by atoms with E-state index in [0.717, 1.165) is 36.0 Å². The first-order valence-electron chi connectivity index (χ1n) is 7.08. The third-order valence-electron chi connectivity index (χ3n) is 3.30. The Morgan fingerprint density at radius 2 is 2.23 bits per heavy atom. The van der Waals surface area contributed by atoms with Crippen LogP contribution in [0.1, 0.15) is 12.8 Å². The predicted octanol–water partition coefficient (Wildman–Crippen LogP) is 1.32. The van der Waals surface area contributed by atoms with E-state index in [9.17, 15) is 4.79 Å². The lowest BCUT2D eigenvalue weighted by Gasteiger charge is -2.27. The van der Waals surface area contributed by atoms with Crippen LogP contribution in [0.3, 0.4) is 0 Å². The second-order valence-electron chi connectivity index (χ2n) is 4.93. The zero-order valence-corrected chi connectivity index (χ0v) is 13.1. The van der Waals surface area contributed by atoms with Crippen molar-refractivity contribution in [3.05, 3.63) is 24.2 Å². The summed E-state index contributed by atoms with van der Waals surface area (Å²) in [7, 11) is 0. The fraction of sp³-hybridized carbons (Fsp3) is 0.429. The molecular weight excluding hydrogens is 302 g/mol. The summed E-state index contributed by atoms with van der Waals surface area (Å²) >= 11 is 1.97. The molecule has 2 aromatic heterocycles. The highest BCUT2D eigenvalue weighted by atomic mass is 32.2. The molecule has 3 heterocycles. The van der Waals surface area contributed by atoms with Crippen molar-refractivity contribution >= 4 is 23.5 Å². The molecule has 0 atom stereocenters. The number of rotatable bonds is 4. The number of aromatic nitrogens is 3. The van der Waals surface area contributed by atoms with E-state index in [4.69, 9.17) is 4.52 Å². The van der Waals surface area contributed by atoms with E-state index in [0.29, 0.717) is 11.7 Å².